The number of hydrogen-bond acceptors (Lipinski definition) is 2. The molecule has 0 heterocycles. The van der Waals surface area contributed by atoms with Crippen molar-refractivity contribution in [1.82, 2.24) is 0 Å². The van der Waals surface area contributed by atoms with Crippen LogP contribution >= 0.6 is 0 Å². The zero-order chi connectivity index (χ0) is 21.8. The maximum Gasteiger partial charge on any atom is 0.137 e. The third-order valence-electron chi connectivity index (χ3n) is 11.3. The van der Waals surface area contributed by atoms with Crippen molar-refractivity contribution in [3.63, 3.8) is 0 Å². The van der Waals surface area contributed by atoms with E-state index in [0.717, 1.165) is 42.4 Å². The zero-order valence-electron chi connectivity index (χ0n) is 20.5. The van der Waals surface area contributed by atoms with Crippen molar-refractivity contribution in [3.8, 4) is 0 Å². The van der Waals surface area contributed by atoms with Crippen molar-refractivity contribution in [2.24, 2.45) is 58.2 Å². The number of carbonyl (C=O) groups is 2. The van der Waals surface area contributed by atoms with Gasteiger partial charge in [-0.25, -0.2) is 0 Å². The topological polar surface area (TPSA) is 34.1 Å². The zero-order valence-corrected chi connectivity index (χ0v) is 20.5. The molecule has 0 aromatic carbocycles. The van der Waals surface area contributed by atoms with Crippen LogP contribution in [0.4, 0.5) is 0 Å². The Kier molecular flexibility index (Phi) is 6.04. The molecule has 4 aliphatic carbocycles. The summed E-state index contributed by atoms with van der Waals surface area (Å²) in [6.07, 6.45) is 11.0. The first-order chi connectivity index (χ1) is 14.1. The fraction of sp³-hybridized carbons (Fsp3) is 0.929. The first-order valence-corrected chi connectivity index (χ1v) is 13.1. The molecule has 0 aliphatic heterocycles. The maximum atomic E-state index is 13.2. The van der Waals surface area contributed by atoms with Gasteiger partial charge in [0.25, 0.3) is 0 Å². The molecule has 0 spiro atoms. The van der Waals surface area contributed by atoms with Crippen molar-refractivity contribution in [3.05, 3.63) is 0 Å². The fourth-order valence-corrected chi connectivity index (χ4v) is 8.87. The first kappa shape index (κ1) is 22.5. The highest BCUT2D eigenvalue weighted by atomic mass is 16.1. The van der Waals surface area contributed by atoms with Gasteiger partial charge in [0, 0.05) is 25.2 Å². The molecule has 2 heteroatoms. The molecule has 170 valence electrons. The van der Waals surface area contributed by atoms with E-state index in [1.54, 1.807) is 0 Å². The molecular weight excluding hydrogens is 368 g/mol. The summed E-state index contributed by atoms with van der Waals surface area (Å²) in [5, 5.41) is 0. The van der Waals surface area contributed by atoms with E-state index in [1.807, 2.05) is 0 Å². The number of Topliss-reactive ketones (excluding diaryl/α,β-unsaturated/α-hetero) is 2. The standard InChI is InChI=1S/C28H46O2/c1-17(2)18(3)7-8-19(4)22-9-10-23-21-16-26(30)25-15-20(29)11-13-28(25,6)24(21)12-14-27(22,23)5/h17-19,21-25H,7-16H2,1-6H3/t18?,19-,21+,22-,23+,24+,25?,27-,28-/m1/s1. The van der Waals surface area contributed by atoms with Crippen molar-refractivity contribution in [1.29, 1.82) is 0 Å². The third-order valence-corrected chi connectivity index (χ3v) is 11.3. The lowest BCUT2D eigenvalue weighted by atomic mass is 9.44. The molecule has 0 saturated heterocycles. The summed E-state index contributed by atoms with van der Waals surface area (Å²) in [6.45, 7) is 14.6. The van der Waals surface area contributed by atoms with E-state index in [1.165, 1.54) is 38.5 Å². The highest BCUT2D eigenvalue weighted by molar-refractivity contribution is 5.90. The van der Waals surface area contributed by atoms with Crippen LogP contribution in [0.15, 0.2) is 0 Å². The van der Waals surface area contributed by atoms with Gasteiger partial charge in [-0.3, -0.25) is 9.59 Å². The highest BCUT2D eigenvalue weighted by Gasteiger charge is 2.62. The Labute approximate surface area is 185 Å². The van der Waals surface area contributed by atoms with Crippen molar-refractivity contribution >= 4 is 11.6 Å². The lowest BCUT2D eigenvalue weighted by Gasteiger charge is -2.59. The van der Waals surface area contributed by atoms with Crippen molar-refractivity contribution in [2.75, 3.05) is 0 Å². The number of rotatable bonds is 5. The molecule has 30 heavy (non-hydrogen) atoms. The first-order valence-electron chi connectivity index (χ1n) is 13.1. The lowest BCUT2D eigenvalue weighted by Crippen LogP contribution is -2.56. The van der Waals surface area contributed by atoms with Crippen LogP contribution < -0.4 is 0 Å². The average Bonchev–Trinajstić information content (AvgIpc) is 3.04. The van der Waals surface area contributed by atoms with E-state index in [4.69, 9.17) is 0 Å². The van der Waals surface area contributed by atoms with Crippen LogP contribution in [-0.4, -0.2) is 11.6 Å². The van der Waals surface area contributed by atoms with Crippen molar-refractivity contribution in [2.45, 2.75) is 106 Å². The van der Waals surface area contributed by atoms with Gasteiger partial charge in [0.15, 0.2) is 0 Å². The van der Waals surface area contributed by atoms with Crippen LogP contribution in [0.1, 0.15) is 106 Å². The number of fused-ring (bicyclic) bond motifs is 5. The second-order valence-corrected chi connectivity index (χ2v) is 12.9. The van der Waals surface area contributed by atoms with Gasteiger partial charge in [-0.05, 0) is 84.4 Å². The minimum atomic E-state index is 0.0259. The van der Waals surface area contributed by atoms with Crippen LogP contribution in [0.2, 0.25) is 0 Å². The Morgan fingerprint density at radius 3 is 2.27 bits per heavy atom. The van der Waals surface area contributed by atoms with Gasteiger partial charge in [0.05, 0.1) is 0 Å². The van der Waals surface area contributed by atoms with E-state index in [9.17, 15) is 9.59 Å². The Morgan fingerprint density at radius 2 is 1.57 bits per heavy atom. The quantitative estimate of drug-likeness (QED) is 0.480. The van der Waals surface area contributed by atoms with E-state index >= 15 is 0 Å². The number of hydrogen-bond donors (Lipinski definition) is 0. The summed E-state index contributed by atoms with van der Waals surface area (Å²) in [6, 6.07) is 0. The Balaban J connectivity index is 1.51. The molecule has 4 rings (SSSR count). The van der Waals surface area contributed by atoms with Crippen LogP contribution in [0, 0.1) is 58.2 Å². The molecular formula is C28H46O2. The van der Waals surface area contributed by atoms with E-state index in [0.29, 0.717) is 41.7 Å². The summed E-state index contributed by atoms with van der Waals surface area (Å²) < 4.78 is 0. The molecule has 2 nitrogen and oxygen atoms in total. The maximum absolute atomic E-state index is 13.2. The Hall–Kier alpha value is -0.660. The number of ketones is 2. The second-order valence-electron chi connectivity index (χ2n) is 12.9. The molecule has 0 aromatic heterocycles. The highest BCUT2D eigenvalue weighted by Crippen LogP contribution is 2.67. The minimum absolute atomic E-state index is 0.0259. The predicted octanol–water partition coefficient (Wildman–Crippen LogP) is 7.10. The molecule has 0 aromatic rings. The van der Waals surface area contributed by atoms with Crippen LogP contribution in [0.3, 0.4) is 0 Å². The normalized spacial score (nSPS) is 45.6. The monoisotopic (exact) mass is 414 g/mol. The van der Waals surface area contributed by atoms with Gasteiger partial charge >= 0.3 is 0 Å². The summed E-state index contributed by atoms with van der Waals surface area (Å²) >= 11 is 0. The van der Waals surface area contributed by atoms with Gasteiger partial charge in [0.1, 0.15) is 11.6 Å². The Bertz CT molecular complexity index is 680. The molecule has 4 aliphatic rings. The van der Waals surface area contributed by atoms with Gasteiger partial charge in [-0.15, -0.1) is 0 Å². The molecule has 4 fully saturated rings. The summed E-state index contributed by atoms with van der Waals surface area (Å²) in [5.74, 6) is 5.99. The van der Waals surface area contributed by atoms with E-state index < -0.39 is 0 Å². The third kappa shape index (κ3) is 3.53. The molecule has 0 amide bonds. The molecule has 4 saturated carbocycles. The molecule has 0 N–H and O–H groups in total. The predicted molar refractivity (Wildman–Crippen MR) is 123 cm³/mol. The van der Waals surface area contributed by atoms with Crippen LogP contribution in [-0.2, 0) is 9.59 Å². The van der Waals surface area contributed by atoms with Crippen LogP contribution in [0.25, 0.3) is 0 Å². The number of carbonyl (C=O) groups excluding carboxylic acids is 2. The fourth-order valence-electron chi connectivity index (χ4n) is 8.87. The summed E-state index contributed by atoms with van der Waals surface area (Å²) in [5.41, 5.74) is 0.515. The minimum Gasteiger partial charge on any atom is -0.300 e. The van der Waals surface area contributed by atoms with Gasteiger partial charge in [-0.2, -0.15) is 0 Å². The SMILES string of the molecule is CC(C)C(C)CC[C@@H](C)[C@H]1CC[C@H]2[C@@H]3CC(=O)C4CC(=O)CC[C@]4(C)[C@H]3CC[C@]12C. The van der Waals surface area contributed by atoms with Crippen molar-refractivity contribution < 1.29 is 9.59 Å². The average molecular weight is 415 g/mol. The molecule has 2 unspecified atom stereocenters. The van der Waals surface area contributed by atoms with E-state index in [-0.39, 0.29) is 11.3 Å². The smallest absolute Gasteiger partial charge is 0.137 e. The molecule has 0 bridgehead atoms. The summed E-state index contributed by atoms with van der Waals surface area (Å²) in [7, 11) is 0. The van der Waals surface area contributed by atoms with Gasteiger partial charge in [-0.1, -0.05) is 54.4 Å². The largest absolute Gasteiger partial charge is 0.300 e. The second kappa shape index (κ2) is 8.04. The molecule has 9 atom stereocenters. The lowest BCUT2D eigenvalue weighted by molar-refractivity contribution is -0.159. The van der Waals surface area contributed by atoms with Crippen LogP contribution in [0.5, 0.6) is 0 Å². The Morgan fingerprint density at radius 1 is 0.867 bits per heavy atom. The van der Waals surface area contributed by atoms with E-state index in [2.05, 4.69) is 41.5 Å². The van der Waals surface area contributed by atoms with Gasteiger partial charge in [0.2, 0.25) is 0 Å². The molecule has 0 radical (unpaired) electrons. The summed E-state index contributed by atoms with van der Waals surface area (Å²) in [4.78, 5) is 25.3. The van der Waals surface area contributed by atoms with Gasteiger partial charge < -0.3 is 0 Å².